The van der Waals surface area contributed by atoms with Crippen LogP contribution >= 0.6 is 15.9 Å². The molecule has 15 heavy (non-hydrogen) atoms. The molecule has 4 heteroatoms. The van der Waals surface area contributed by atoms with Crippen molar-refractivity contribution in [2.24, 2.45) is 0 Å². The van der Waals surface area contributed by atoms with Crippen LogP contribution in [0.4, 0.5) is 0 Å². The third-order valence-corrected chi connectivity index (χ3v) is 2.83. The van der Waals surface area contributed by atoms with E-state index in [2.05, 4.69) is 15.9 Å². The van der Waals surface area contributed by atoms with Crippen molar-refractivity contribution in [1.82, 2.24) is 0 Å². The molecular weight excluding hydrogens is 251 g/mol. The number of hydrogen-bond donors (Lipinski definition) is 0. The summed E-state index contributed by atoms with van der Waals surface area (Å²) in [6.45, 7) is 0. The number of carboxylic acid groups (broad SMARTS) is 1. The molecule has 0 heterocycles. The summed E-state index contributed by atoms with van der Waals surface area (Å²) in [5.74, 6) is -0.915. The van der Waals surface area contributed by atoms with E-state index in [0.717, 1.165) is 18.2 Å². The van der Waals surface area contributed by atoms with Crippen LogP contribution in [-0.4, -0.2) is 11.3 Å². The standard InChI is InChI=1S/C11H21BrO2.Li/c12-10-8-6-4-2-1-3-5-7-9-11(13)14;/h1-10H2,(H,13,14);/q;+1/p-1. The summed E-state index contributed by atoms with van der Waals surface area (Å²) in [5, 5.41) is 11.2. The van der Waals surface area contributed by atoms with Crippen molar-refractivity contribution in [1.29, 1.82) is 0 Å². The van der Waals surface area contributed by atoms with Crippen LogP contribution in [0, 0.1) is 0 Å². The van der Waals surface area contributed by atoms with E-state index in [-0.39, 0.29) is 25.3 Å². The topological polar surface area (TPSA) is 40.1 Å². The zero-order valence-electron chi connectivity index (χ0n) is 9.77. The largest absolute Gasteiger partial charge is 1.00 e. The predicted molar refractivity (Wildman–Crippen MR) is 60.4 cm³/mol. The summed E-state index contributed by atoms with van der Waals surface area (Å²) in [4.78, 5) is 10.1. The normalized spacial score (nSPS) is 9.67. The first-order chi connectivity index (χ1) is 6.77. The molecule has 0 aromatic carbocycles. The van der Waals surface area contributed by atoms with Crippen molar-refractivity contribution in [3.05, 3.63) is 0 Å². The van der Waals surface area contributed by atoms with E-state index in [1.165, 1.54) is 38.5 Å². The second-order valence-corrected chi connectivity index (χ2v) is 4.43. The first kappa shape index (κ1) is 17.9. The second kappa shape index (κ2) is 14.5. The maximum Gasteiger partial charge on any atom is 1.00 e. The monoisotopic (exact) mass is 270 g/mol. The van der Waals surface area contributed by atoms with E-state index < -0.39 is 5.97 Å². The van der Waals surface area contributed by atoms with Gasteiger partial charge in [0.15, 0.2) is 0 Å². The van der Waals surface area contributed by atoms with Crippen molar-refractivity contribution in [2.45, 2.75) is 57.8 Å². The van der Waals surface area contributed by atoms with Crippen molar-refractivity contribution in [2.75, 3.05) is 5.33 Å². The van der Waals surface area contributed by atoms with Gasteiger partial charge in [0.05, 0.1) is 0 Å². The molecule has 2 nitrogen and oxygen atoms in total. The van der Waals surface area contributed by atoms with Crippen LogP contribution < -0.4 is 24.0 Å². The summed E-state index contributed by atoms with van der Waals surface area (Å²) >= 11 is 3.40. The Morgan fingerprint density at radius 1 is 0.867 bits per heavy atom. The van der Waals surface area contributed by atoms with E-state index in [9.17, 15) is 9.90 Å². The van der Waals surface area contributed by atoms with Gasteiger partial charge in [-0.3, -0.25) is 0 Å². The number of carbonyl (C=O) groups is 1. The molecule has 0 atom stereocenters. The van der Waals surface area contributed by atoms with Gasteiger partial charge in [0.1, 0.15) is 0 Å². The minimum absolute atomic E-state index is 0. The molecular formula is C11H20BrLiO2. The van der Waals surface area contributed by atoms with E-state index in [4.69, 9.17) is 0 Å². The number of carboxylic acids is 1. The minimum Gasteiger partial charge on any atom is -0.550 e. The molecule has 0 fully saturated rings. The van der Waals surface area contributed by atoms with E-state index in [1.54, 1.807) is 0 Å². The molecule has 0 amide bonds. The fourth-order valence-electron chi connectivity index (χ4n) is 1.42. The Kier molecular flexibility index (Phi) is 17.4. The second-order valence-electron chi connectivity index (χ2n) is 3.64. The molecule has 0 bridgehead atoms. The molecule has 0 aromatic rings. The van der Waals surface area contributed by atoms with Gasteiger partial charge >= 0.3 is 18.9 Å². The SMILES string of the molecule is O=C([O-])CCCCCCCCCCBr.[Li+]. The minimum atomic E-state index is -0.915. The third kappa shape index (κ3) is 17.2. The molecule has 0 radical (unpaired) electrons. The van der Waals surface area contributed by atoms with Crippen LogP contribution in [0.15, 0.2) is 0 Å². The molecule has 0 spiro atoms. The number of hydrogen-bond acceptors (Lipinski definition) is 2. The van der Waals surface area contributed by atoms with Crippen molar-refractivity contribution >= 4 is 21.9 Å². The van der Waals surface area contributed by atoms with E-state index in [1.807, 2.05) is 0 Å². The smallest absolute Gasteiger partial charge is 0.550 e. The Morgan fingerprint density at radius 2 is 1.27 bits per heavy atom. The van der Waals surface area contributed by atoms with Crippen LogP contribution in [0.1, 0.15) is 57.8 Å². The first-order valence-corrected chi connectivity index (χ1v) is 6.65. The Labute approximate surface area is 114 Å². The molecule has 84 valence electrons. The summed E-state index contributed by atoms with van der Waals surface area (Å²) in [5.41, 5.74) is 0. The number of halogens is 1. The van der Waals surface area contributed by atoms with Gasteiger partial charge < -0.3 is 9.90 Å². The van der Waals surface area contributed by atoms with Crippen LogP contribution in [0.25, 0.3) is 0 Å². The zero-order valence-corrected chi connectivity index (χ0v) is 11.4. The number of rotatable bonds is 10. The molecule has 0 unspecified atom stereocenters. The van der Waals surface area contributed by atoms with Crippen molar-refractivity contribution < 1.29 is 28.8 Å². The first-order valence-electron chi connectivity index (χ1n) is 5.53. The number of aliphatic carboxylic acids is 1. The van der Waals surface area contributed by atoms with Gasteiger partial charge in [-0.15, -0.1) is 0 Å². The molecule has 0 saturated heterocycles. The quantitative estimate of drug-likeness (QED) is 0.309. The van der Waals surface area contributed by atoms with Crippen LogP contribution in [0.5, 0.6) is 0 Å². The average Bonchev–Trinajstić information content (AvgIpc) is 2.15. The molecule has 0 saturated carbocycles. The van der Waals surface area contributed by atoms with Gasteiger partial charge in [-0.2, -0.15) is 0 Å². The average molecular weight is 271 g/mol. The maximum atomic E-state index is 10.1. The Balaban J connectivity index is 0. The maximum absolute atomic E-state index is 10.1. The predicted octanol–water partition coefficient (Wildman–Crippen LogP) is -0.354. The number of carbonyl (C=O) groups excluding carboxylic acids is 1. The van der Waals surface area contributed by atoms with E-state index >= 15 is 0 Å². The Hall–Kier alpha value is 0.547. The fourth-order valence-corrected chi connectivity index (χ4v) is 1.82. The molecule has 0 aliphatic carbocycles. The van der Waals surface area contributed by atoms with Crippen LogP contribution in [0.3, 0.4) is 0 Å². The Morgan fingerprint density at radius 3 is 1.67 bits per heavy atom. The van der Waals surface area contributed by atoms with Gasteiger partial charge in [-0.1, -0.05) is 54.5 Å². The molecule has 0 rings (SSSR count). The molecule has 0 aromatic heterocycles. The van der Waals surface area contributed by atoms with Crippen LogP contribution in [-0.2, 0) is 4.79 Å². The van der Waals surface area contributed by atoms with Crippen molar-refractivity contribution in [3.63, 3.8) is 0 Å². The molecule has 0 aliphatic heterocycles. The van der Waals surface area contributed by atoms with Gasteiger partial charge in [0, 0.05) is 11.3 Å². The number of alkyl halides is 1. The fraction of sp³-hybridized carbons (Fsp3) is 0.909. The van der Waals surface area contributed by atoms with Gasteiger partial charge in [0.25, 0.3) is 0 Å². The van der Waals surface area contributed by atoms with Gasteiger partial charge in [-0.25, -0.2) is 0 Å². The summed E-state index contributed by atoms with van der Waals surface area (Å²) < 4.78 is 0. The molecule has 0 aliphatic rings. The summed E-state index contributed by atoms with van der Waals surface area (Å²) in [6, 6.07) is 0. The van der Waals surface area contributed by atoms with Gasteiger partial charge in [0.2, 0.25) is 0 Å². The van der Waals surface area contributed by atoms with Crippen molar-refractivity contribution in [3.8, 4) is 0 Å². The summed E-state index contributed by atoms with van der Waals surface area (Å²) in [7, 11) is 0. The third-order valence-electron chi connectivity index (χ3n) is 2.26. The zero-order chi connectivity index (χ0) is 10.6. The Bertz CT molecular complexity index is 143. The van der Waals surface area contributed by atoms with Crippen LogP contribution in [0.2, 0.25) is 0 Å². The molecule has 0 N–H and O–H groups in total. The summed E-state index contributed by atoms with van der Waals surface area (Å²) in [6.07, 6.45) is 9.63. The number of unbranched alkanes of at least 4 members (excludes halogenated alkanes) is 7. The van der Waals surface area contributed by atoms with Gasteiger partial charge in [-0.05, 0) is 19.3 Å². The van der Waals surface area contributed by atoms with E-state index in [0.29, 0.717) is 0 Å².